The zero-order chi connectivity index (χ0) is 48.4. The Morgan fingerprint density at radius 1 is 0.299 bits per heavy atom. The molecule has 344 valence electrons. The lowest BCUT2D eigenvalue weighted by Crippen LogP contribution is -2.44. The van der Waals surface area contributed by atoms with E-state index in [0.717, 1.165) is 8.95 Å². The van der Waals surface area contributed by atoms with Gasteiger partial charge in [-0.25, -0.2) is 0 Å². The standard InChI is InChI=1S/C64H69Br2N/c1-58(2,3)40-16-24-44(25-17-40)63(45-26-18-41(19-27-45)59(4,5)6)51-38-49(65)32-34-55(51)67-56-35-33-50(66)39-52(56)64(46-28-20-42(21-29-46)60(7,8)9,47-30-22-43(23-31-47)61(10,11)12)54-37-48(62(13,14)15)36-53(63)57(54)67/h16-39H,1-15H3. The van der Waals surface area contributed by atoms with Crippen LogP contribution in [0, 0.1) is 0 Å². The highest BCUT2D eigenvalue weighted by atomic mass is 79.9. The van der Waals surface area contributed by atoms with E-state index in [-0.39, 0.29) is 27.1 Å². The summed E-state index contributed by atoms with van der Waals surface area (Å²) in [4.78, 5) is 2.62. The minimum Gasteiger partial charge on any atom is -0.309 e. The van der Waals surface area contributed by atoms with Gasteiger partial charge in [0, 0.05) is 8.95 Å². The lowest BCUT2D eigenvalue weighted by atomic mass is 9.56. The lowest BCUT2D eigenvalue weighted by Gasteiger charge is -2.54. The molecule has 0 bridgehead atoms. The van der Waals surface area contributed by atoms with Crippen LogP contribution in [0.25, 0.3) is 0 Å². The summed E-state index contributed by atoms with van der Waals surface area (Å²) in [6.45, 7) is 34.9. The molecule has 0 amide bonds. The maximum absolute atomic E-state index is 4.05. The molecule has 0 atom stereocenters. The van der Waals surface area contributed by atoms with Crippen molar-refractivity contribution in [2.45, 2.75) is 142 Å². The van der Waals surface area contributed by atoms with E-state index in [9.17, 15) is 0 Å². The van der Waals surface area contributed by atoms with Gasteiger partial charge in [-0.15, -0.1) is 0 Å². The highest BCUT2D eigenvalue weighted by Crippen LogP contribution is 2.66. The van der Waals surface area contributed by atoms with E-state index in [1.54, 1.807) is 0 Å². The fourth-order valence-corrected chi connectivity index (χ4v) is 11.7. The Morgan fingerprint density at radius 2 is 0.552 bits per heavy atom. The van der Waals surface area contributed by atoms with Crippen LogP contribution in [0.15, 0.2) is 155 Å². The Balaban J connectivity index is 1.54. The lowest BCUT2D eigenvalue weighted by molar-refractivity contribution is 0.578. The van der Waals surface area contributed by atoms with Gasteiger partial charge >= 0.3 is 0 Å². The van der Waals surface area contributed by atoms with Crippen molar-refractivity contribution in [1.82, 2.24) is 0 Å². The first-order valence-corrected chi connectivity index (χ1v) is 25.8. The highest BCUT2D eigenvalue weighted by Gasteiger charge is 2.55. The number of fused-ring (bicyclic) bond motifs is 4. The third-order valence-electron chi connectivity index (χ3n) is 15.0. The number of nitrogens with zero attached hydrogens (tertiary/aromatic N) is 1. The molecule has 7 aromatic carbocycles. The predicted molar refractivity (Wildman–Crippen MR) is 294 cm³/mol. The van der Waals surface area contributed by atoms with Gasteiger partial charge < -0.3 is 4.90 Å². The molecule has 0 N–H and O–H groups in total. The molecule has 0 fully saturated rings. The minimum atomic E-state index is -0.710. The van der Waals surface area contributed by atoms with Gasteiger partial charge in [-0.3, -0.25) is 0 Å². The zero-order valence-corrected chi connectivity index (χ0v) is 45.7. The van der Waals surface area contributed by atoms with Gasteiger partial charge in [0.2, 0.25) is 0 Å². The third kappa shape index (κ3) is 7.70. The van der Waals surface area contributed by atoms with E-state index in [2.05, 4.69) is 286 Å². The van der Waals surface area contributed by atoms with Crippen molar-refractivity contribution < 1.29 is 0 Å². The molecular weight excluding hydrogens is 943 g/mol. The molecule has 2 heterocycles. The van der Waals surface area contributed by atoms with E-state index in [0.29, 0.717) is 0 Å². The van der Waals surface area contributed by atoms with Gasteiger partial charge in [0.25, 0.3) is 0 Å². The van der Waals surface area contributed by atoms with Crippen molar-refractivity contribution in [3.63, 3.8) is 0 Å². The molecule has 0 aliphatic carbocycles. The average molecular weight is 1010 g/mol. The van der Waals surface area contributed by atoms with E-state index < -0.39 is 10.8 Å². The SMILES string of the molecule is CC(C)(C)c1ccc(C2(c3ccc(C(C)(C)C)cc3)c3cc(Br)ccc3N3c4ccc(Br)cc4C(c4ccc(C(C)(C)C)cc4)(c4ccc(C(C)(C)C)cc4)c4cc(C(C)(C)C)cc2c43)cc1. The molecule has 0 unspecified atom stereocenters. The summed E-state index contributed by atoms with van der Waals surface area (Å²) >= 11 is 8.11. The number of hydrogen-bond acceptors (Lipinski definition) is 1. The third-order valence-corrected chi connectivity index (χ3v) is 15.9. The molecule has 2 aliphatic heterocycles. The topological polar surface area (TPSA) is 3.24 Å². The summed E-state index contributed by atoms with van der Waals surface area (Å²) in [6, 6.07) is 57.8. The molecule has 7 aromatic rings. The Bertz CT molecular complexity index is 2690. The van der Waals surface area contributed by atoms with E-state index in [4.69, 9.17) is 0 Å². The summed E-state index contributed by atoms with van der Waals surface area (Å²) in [5.74, 6) is 0. The van der Waals surface area contributed by atoms with E-state index >= 15 is 0 Å². The van der Waals surface area contributed by atoms with Crippen molar-refractivity contribution in [3.05, 3.63) is 227 Å². The number of anilines is 3. The summed E-state index contributed by atoms with van der Waals surface area (Å²) in [7, 11) is 0. The molecule has 67 heavy (non-hydrogen) atoms. The maximum atomic E-state index is 4.05. The van der Waals surface area contributed by atoms with Crippen LogP contribution in [0.4, 0.5) is 17.1 Å². The van der Waals surface area contributed by atoms with Gasteiger partial charge in [0.1, 0.15) is 0 Å². The fraction of sp³-hybridized carbons (Fsp3) is 0.344. The zero-order valence-electron chi connectivity index (χ0n) is 42.6. The van der Waals surface area contributed by atoms with Crippen molar-refractivity contribution in [1.29, 1.82) is 0 Å². The first kappa shape index (κ1) is 47.4. The van der Waals surface area contributed by atoms with Crippen LogP contribution in [-0.4, -0.2) is 0 Å². The van der Waals surface area contributed by atoms with Gasteiger partial charge in [-0.2, -0.15) is 0 Å². The van der Waals surface area contributed by atoms with Crippen LogP contribution in [0.2, 0.25) is 0 Å². The monoisotopic (exact) mass is 1010 g/mol. The molecule has 2 aliphatic rings. The normalized spacial score (nSPS) is 15.4. The van der Waals surface area contributed by atoms with Gasteiger partial charge in [-0.05, 0) is 136 Å². The number of benzene rings is 7. The summed E-state index contributed by atoms with van der Waals surface area (Å²) in [5.41, 5.74) is 18.7. The Labute approximate surface area is 419 Å². The molecule has 0 spiro atoms. The molecule has 0 saturated heterocycles. The fourth-order valence-electron chi connectivity index (χ4n) is 11.0. The molecule has 0 saturated carbocycles. The minimum absolute atomic E-state index is 0.00166. The van der Waals surface area contributed by atoms with Crippen molar-refractivity contribution >= 4 is 48.9 Å². The summed E-state index contributed by atoms with van der Waals surface area (Å²) in [6.07, 6.45) is 0. The first-order chi connectivity index (χ1) is 31.2. The van der Waals surface area contributed by atoms with Crippen LogP contribution in [0.1, 0.15) is 176 Å². The van der Waals surface area contributed by atoms with Gasteiger partial charge in [0.15, 0.2) is 0 Å². The molecule has 0 radical (unpaired) electrons. The molecule has 3 heteroatoms. The summed E-state index contributed by atoms with van der Waals surface area (Å²) < 4.78 is 2.12. The second-order valence-corrected chi connectivity index (χ2v) is 26.5. The predicted octanol–water partition coefficient (Wildman–Crippen LogP) is 18.6. The summed E-state index contributed by atoms with van der Waals surface area (Å²) in [5, 5.41) is 0. The van der Waals surface area contributed by atoms with Crippen LogP contribution in [0.5, 0.6) is 0 Å². The molecule has 0 aromatic heterocycles. The Hall–Kier alpha value is -4.70. The molecular formula is C64H69Br2N. The largest absolute Gasteiger partial charge is 0.309 e. The van der Waals surface area contributed by atoms with Crippen molar-refractivity contribution in [3.8, 4) is 0 Å². The number of hydrogen-bond donors (Lipinski definition) is 0. The number of rotatable bonds is 4. The average Bonchev–Trinajstić information content (AvgIpc) is 3.25. The molecule has 9 rings (SSSR count). The van der Waals surface area contributed by atoms with Crippen molar-refractivity contribution in [2.24, 2.45) is 0 Å². The van der Waals surface area contributed by atoms with Crippen LogP contribution >= 0.6 is 31.9 Å². The maximum Gasteiger partial charge on any atom is 0.0742 e. The van der Waals surface area contributed by atoms with Crippen LogP contribution in [-0.2, 0) is 37.9 Å². The van der Waals surface area contributed by atoms with Crippen LogP contribution < -0.4 is 4.90 Å². The smallest absolute Gasteiger partial charge is 0.0742 e. The van der Waals surface area contributed by atoms with E-state index in [1.165, 1.54) is 89.4 Å². The molecule has 1 nitrogen and oxygen atoms in total. The highest BCUT2D eigenvalue weighted by molar-refractivity contribution is 9.10. The number of halogens is 2. The Kier molecular flexibility index (Phi) is 11.3. The van der Waals surface area contributed by atoms with Gasteiger partial charge in [0.05, 0.1) is 27.9 Å². The van der Waals surface area contributed by atoms with Crippen LogP contribution in [0.3, 0.4) is 0 Å². The second-order valence-electron chi connectivity index (χ2n) is 24.6. The Morgan fingerprint density at radius 3 is 0.791 bits per heavy atom. The quantitative estimate of drug-likeness (QED) is 0.170. The first-order valence-electron chi connectivity index (χ1n) is 24.2. The van der Waals surface area contributed by atoms with Gasteiger partial charge in [-0.1, -0.05) is 245 Å². The second kappa shape index (κ2) is 15.9. The van der Waals surface area contributed by atoms with E-state index in [1.807, 2.05) is 0 Å². The van der Waals surface area contributed by atoms with Crippen molar-refractivity contribution in [2.75, 3.05) is 4.90 Å².